The molecule has 1 aliphatic carbocycles. The Morgan fingerprint density at radius 1 is 1.52 bits per heavy atom. The zero-order valence-electron chi connectivity index (χ0n) is 12.2. The lowest BCUT2D eigenvalue weighted by Crippen LogP contribution is -2.33. The molecule has 0 atom stereocenters. The minimum Gasteiger partial charge on any atom is -0.373 e. The number of hydrogen-bond donors (Lipinski definition) is 2. The van der Waals surface area contributed by atoms with Gasteiger partial charge < -0.3 is 15.5 Å². The molecule has 1 amide bonds. The number of nitrogens with zero attached hydrogens (tertiary/aromatic N) is 3. The van der Waals surface area contributed by atoms with Gasteiger partial charge in [-0.05, 0) is 26.9 Å². The molecule has 1 aliphatic rings. The van der Waals surface area contributed by atoms with Crippen LogP contribution in [0.5, 0.6) is 0 Å². The lowest BCUT2D eigenvalue weighted by Gasteiger charge is -2.12. The van der Waals surface area contributed by atoms with E-state index in [4.69, 9.17) is 11.6 Å². The van der Waals surface area contributed by atoms with Gasteiger partial charge in [0, 0.05) is 12.6 Å². The summed E-state index contributed by atoms with van der Waals surface area (Å²) in [5, 5.41) is 9.82. The molecule has 1 aromatic rings. The number of nitrogens with one attached hydrogen (secondary N) is 2. The molecule has 7 nitrogen and oxygen atoms in total. The van der Waals surface area contributed by atoms with Gasteiger partial charge in [0.15, 0.2) is 0 Å². The summed E-state index contributed by atoms with van der Waals surface area (Å²) in [5.74, 6) is -0.106. The van der Waals surface area contributed by atoms with Crippen molar-refractivity contribution in [3.05, 3.63) is 21.6 Å². The molecule has 0 aromatic carbocycles. The summed E-state index contributed by atoms with van der Waals surface area (Å²) in [7, 11) is 3.84. The Morgan fingerprint density at radius 3 is 2.86 bits per heavy atom. The van der Waals surface area contributed by atoms with Crippen molar-refractivity contribution in [1.29, 1.82) is 0 Å². The molecule has 0 saturated heterocycles. The molecule has 2 rings (SSSR count). The van der Waals surface area contributed by atoms with Crippen molar-refractivity contribution in [2.45, 2.75) is 25.4 Å². The number of halogens is 1. The first-order valence-corrected chi connectivity index (χ1v) is 7.28. The van der Waals surface area contributed by atoms with Crippen molar-refractivity contribution in [3.63, 3.8) is 0 Å². The summed E-state index contributed by atoms with van der Waals surface area (Å²) >= 11 is 6.03. The highest BCUT2D eigenvalue weighted by Gasteiger charge is 2.23. The van der Waals surface area contributed by atoms with E-state index in [0.29, 0.717) is 24.8 Å². The Kier molecular flexibility index (Phi) is 5.19. The van der Waals surface area contributed by atoms with E-state index in [1.165, 1.54) is 10.9 Å². The van der Waals surface area contributed by atoms with Crippen molar-refractivity contribution >= 4 is 23.2 Å². The molecule has 1 fully saturated rings. The molecular formula is C13H20ClN5O2. The maximum Gasteiger partial charge on any atom is 0.287 e. The van der Waals surface area contributed by atoms with Crippen LogP contribution in [-0.4, -0.2) is 53.8 Å². The zero-order valence-corrected chi connectivity index (χ0v) is 13.0. The molecule has 2 N–H and O–H groups in total. The van der Waals surface area contributed by atoms with E-state index in [-0.39, 0.29) is 23.0 Å². The number of rotatable bonds is 7. The normalized spacial score (nSPS) is 14.3. The molecular weight excluding hydrogens is 294 g/mol. The van der Waals surface area contributed by atoms with Gasteiger partial charge in [-0.2, -0.15) is 5.10 Å². The molecule has 0 radical (unpaired) electrons. The third-order valence-electron chi connectivity index (χ3n) is 3.13. The predicted octanol–water partition coefficient (Wildman–Crippen LogP) is 0.149. The number of carbonyl (C=O) groups excluding carboxylic acids is 1. The zero-order chi connectivity index (χ0) is 15.4. The minimum atomic E-state index is -0.355. The second-order valence-electron chi connectivity index (χ2n) is 5.40. The van der Waals surface area contributed by atoms with E-state index in [1.54, 1.807) is 0 Å². The highest BCUT2D eigenvalue weighted by atomic mass is 35.5. The van der Waals surface area contributed by atoms with Crippen LogP contribution < -0.4 is 16.2 Å². The smallest absolute Gasteiger partial charge is 0.287 e. The van der Waals surface area contributed by atoms with E-state index >= 15 is 0 Å². The van der Waals surface area contributed by atoms with Crippen LogP contribution in [0.15, 0.2) is 11.0 Å². The molecule has 1 heterocycles. The van der Waals surface area contributed by atoms with Gasteiger partial charge in [0.05, 0.1) is 25.0 Å². The number of aromatic nitrogens is 2. The molecule has 0 bridgehead atoms. The van der Waals surface area contributed by atoms with Crippen molar-refractivity contribution < 1.29 is 4.79 Å². The summed E-state index contributed by atoms with van der Waals surface area (Å²) in [6, 6.07) is 0.312. The Hall–Kier alpha value is -1.60. The molecule has 0 aliphatic heterocycles. The summed E-state index contributed by atoms with van der Waals surface area (Å²) in [6.45, 7) is 1.24. The highest BCUT2D eigenvalue weighted by molar-refractivity contribution is 6.33. The summed E-state index contributed by atoms with van der Waals surface area (Å²) < 4.78 is 1.32. The van der Waals surface area contributed by atoms with E-state index in [2.05, 4.69) is 15.7 Å². The maximum absolute atomic E-state index is 12.0. The molecule has 8 heteroatoms. The van der Waals surface area contributed by atoms with Gasteiger partial charge in [-0.15, -0.1) is 0 Å². The standard InChI is InChI=1S/C13H20ClN5O2/c1-18(2)5-6-19-13(21)12(14)10(7-16-19)15-8-11(20)17-9-3-4-9/h7,9,15H,3-6,8H2,1-2H3,(H,17,20). The maximum atomic E-state index is 12.0. The second kappa shape index (κ2) is 6.91. The first-order chi connectivity index (χ1) is 9.97. The SMILES string of the molecule is CN(C)CCn1ncc(NCC(=O)NC2CC2)c(Cl)c1=O. The van der Waals surface area contributed by atoms with Gasteiger partial charge in [-0.3, -0.25) is 9.59 Å². The van der Waals surface area contributed by atoms with Gasteiger partial charge in [-0.1, -0.05) is 11.6 Å². The first-order valence-electron chi connectivity index (χ1n) is 6.91. The lowest BCUT2D eigenvalue weighted by molar-refractivity contribution is -0.119. The Morgan fingerprint density at radius 2 is 2.24 bits per heavy atom. The van der Waals surface area contributed by atoms with Crippen molar-refractivity contribution in [3.8, 4) is 0 Å². The number of hydrogen-bond acceptors (Lipinski definition) is 5. The summed E-state index contributed by atoms with van der Waals surface area (Å²) in [5.41, 5.74) is 0.0276. The van der Waals surface area contributed by atoms with Crippen LogP contribution in [0.4, 0.5) is 5.69 Å². The van der Waals surface area contributed by atoms with Crippen LogP contribution in [0.25, 0.3) is 0 Å². The summed E-state index contributed by atoms with van der Waals surface area (Å²) in [6.07, 6.45) is 3.55. The number of carbonyl (C=O) groups is 1. The average molecular weight is 314 g/mol. The van der Waals surface area contributed by atoms with Crippen LogP contribution in [-0.2, 0) is 11.3 Å². The number of anilines is 1. The Balaban J connectivity index is 1.95. The van der Waals surface area contributed by atoms with Crippen molar-refractivity contribution in [2.24, 2.45) is 0 Å². The molecule has 1 aromatic heterocycles. The highest BCUT2D eigenvalue weighted by Crippen LogP contribution is 2.18. The molecule has 21 heavy (non-hydrogen) atoms. The number of likely N-dealkylation sites (N-methyl/N-ethyl adjacent to an activating group) is 1. The van der Waals surface area contributed by atoms with Crippen LogP contribution in [0.2, 0.25) is 5.02 Å². The van der Waals surface area contributed by atoms with Gasteiger partial charge >= 0.3 is 0 Å². The third-order valence-corrected chi connectivity index (χ3v) is 3.49. The lowest BCUT2D eigenvalue weighted by atomic mass is 10.4. The first kappa shape index (κ1) is 15.8. The van der Waals surface area contributed by atoms with E-state index in [9.17, 15) is 9.59 Å². The van der Waals surface area contributed by atoms with Gasteiger partial charge in [0.25, 0.3) is 5.56 Å². The molecule has 0 spiro atoms. The largest absolute Gasteiger partial charge is 0.373 e. The van der Waals surface area contributed by atoms with Crippen LogP contribution in [0, 0.1) is 0 Å². The fraction of sp³-hybridized carbons (Fsp3) is 0.615. The van der Waals surface area contributed by atoms with Crippen LogP contribution in [0.3, 0.4) is 0 Å². The summed E-state index contributed by atoms with van der Waals surface area (Å²) in [4.78, 5) is 25.6. The minimum absolute atomic E-state index is 0.0583. The Bertz CT molecular complexity index is 568. The molecule has 0 unspecified atom stereocenters. The fourth-order valence-electron chi connectivity index (χ4n) is 1.72. The quantitative estimate of drug-likeness (QED) is 0.749. The van der Waals surface area contributed by atoms with Gasteiger partial charge in [0.2, 0.25) is 5.91 Å². The molecule has 1 saturated carbocycles. The van der Waals surface area contributed by atoms with E-state index in [1.807, 2.05) is 19.0 Å². The number of amides is 1. The average Bonchev–Trinajstić information content (AvgIpc) is 3.23. The second-order valence-corrected chi connectivity index (χ2v) is 5.78. The monoisotopic (exact) mass is 313 g/mol. The Labute approximate surface area is 128 Å². The van der Waals surface area contributed by atoms with Crippen LogP contribution >= 0.6 is 11.6 Å². The van der Waals surface area contributed by atoms with Gasteiger partial charge in [0.1, 0.15) is 5.02 Å². The van der Waals surface area contributed by atoms with Gasteiger partial charge in [-0.25, -0.2) is 4.68 Å². The van der Waals surface area contributed by atoms with E-state index in [0.717, 1.165) is 12.8 Å². The fourth-order valence-corrected chi connectivity index (χ4v) is 1.94. The predicted molar refractivity (Wildman–Crippen MR) is 81.7 cm³/mol. The molecule has 116 valence electrons. The van der Waals surface area contributed by atoms with Crippen molar-refractivity contribution in [1.82, 2.24) is 20.0 Å². The van der Waals surface area contributed by atoms with E-state index < -0.39 is 0 Å². The van der Waals surface area contributed by atoms with Crippen molar-refractivity contribution in [2.75, 3.05) is 32.5 Å². The van der Waals surface area contributed by atoms with Crippen LogP contribution in [0.1, 0.15) is 12.8 Å². The topological polar surface area (TPSA) is 79.3 Å². The third kappa shape index (κ3) is 4.71.